The molecule has 0 radical (unpaired) electrons. The molecule has 0 unspecified atom stereocenters. The van der Waals surface area contributed by atoms with E-state index in [1.807, 2.05) is 0 Å². The van der Waals surface area contributed by atoms with Crippen molar-refractivity contribution in [3.8, 4) is 5.75 Å². The quantitative estimate of drug-likeness (QED) is 0.562. The number of para-hydroxylation sites is 3. The van der Waals surface area contributed by atoms with Gasteiger partial charge in [-0.3, -0.25) is 4.79 Å². The fraction of sp³-hybridized carbons (Fsp3) is 0. The maximum Gasteiger partial charge on any atom is 0.257 e. The summed E-state index contributed by atoms with van der Waals surface area (Å²) in [5.74, 6) is -1.30. The molecule has 0 saturated heterocycles. The fourth-order valence-corrected chi connectivity index (χ4v) is 1.50. The maximum absolute atomic E-state index is 13.2. The molecule has 0 aliphatic carbocycles. The highest BCUT2D eigenvalue weighted by Crippen LogP contribution is 2.23. The Hall–Kier alpha value is -2.56. The third-order valence-electron chi connectivity index (χ3n) is 2.45. The van der Waals surface area contributed by atoms with Gasteiger partial charge in [0.2, 0.25) is 0 Å². The smallest absolute Gasteiger partial charge is 0.257 e. The Balaban J connectivity index is 2.28. The highest BCUT2D eigenvalue weighted by atomic mass is 19.1. The number of benzene rings is 2. The van der Waals surface area contributed by atoms with Crippen LogP contribution in [0.3, 0.4) is 0 Å². The lowest BCUT2D eigenvalue weighted by Crippen LogP contribution is -2.14. The van der Waals surface area contributed by atoms with E-state index in [2.05, 4.69) is 5.32 Å². The van der Waals surface area contributed by atoms with Crippen molar-refractivity contribution in [3.05, 3.63) is 53.8 Å². The van der Waals surface area contributed by atoms with E-state index in [0.29, 0.717) is 0 Å². The number of carbonyl (C=O) groups is 1. The fourth-order valence-electron chi connectivity index (χ4n) is 1.50. The minimum Gasteiger partial charge on any atom is -0.506 e. The minimum absolute atomic E-state index is 0.0262. The molecule has 92 valence electrons. The summed E-state index contributed by atoms with van der Waals surface area (Å²) in [4.78, 5) is 11.9. The van der Waals surface area contributed by atoms with Gasteiger partial charge in [0.25, 0.3) is 5.91 Å². The van der Waals surface area contributed by atoms with Crippen LogP contribution in [0.2, 0.25) is 0 Å². The lowest BCUT2D eigenvalue weighted by atomic mass is 10.1. The number of aromatic hydroxyl groups is 1. The maximum atomic E-state index is 13.2. The number of rotatable bonds is 2. The molecule has 1 amide bonds. The van der Waals surface area contributed by atoms with Crippen LogP contribution in [-0.4, -0.2) is 11.0 Å². The van der Waals surface area contributed by atoms with Crippen molar-refractivity contribution >= 4 is 17.3 Å². The lowest BCUT2D eigenvalue weighted by molar-refractivity contribution is 0.102. The number of hydrogen-bond acceptors (Lipinski definition) is 3. The third kappa shape index (κ3) is 2.24. The van der Waals surface area contributed by atoms with E-state index in [0.717, 1.165) is 0 Å². The highest BCUT2D eigenvalue weighted by Gasteiger charge is 2.13. The zero-order valence-corrected chi connectivity index (χ0v) is 9.35. The van der Waals surface area contributed by atoms with Crippen LogP contribution >= 0.6 is 0 Å². The number of nitrogens with one attached hydrogen (secondary N) is 1. The molecule has 18 heavy (non-hydrogen) atoms. The number of hydrogen-bond donors (Lipinski definition) is 3. The van der Waals surface area contributed by atoms with Crippen molar-refractivity contribution in [3.63, 3.8) is 0 Å². The summed E-state index contributed by atoms with van der Waals surface area (Å²) in [7, 11) is 0. The second kappa shape index (κ2) is 4.75. The van der Waals surface area contributed by atoms with Gasteiger partial charge in [-0.15, -0.1) is 0 Å². The third-order valence-corrected chi connectivity index (χ3v) is 2.45. The summed E-state index contributed by atoms with van der Waals surface area (Å²) in [5.41, 5.74) is 5.53. The summed E-state index contributed by atoms with van der Waals surface area (Å²) in [5, 5.41) is 12.0. The van der Waals surface area contributed by atoms with Gasteiger partial charge in [-0.2, -0.15) is 0 Å². The Labute approximate surface area is 103 Å². The normalized spacial score (nSPS) is 10.1. The van der Waals surface area contributed by atoms with Gasteiger partial charge < -0.3 is 16.2 Å². The average molecular weight is 246 g/mol. The van der Waals surface area contributed by atoms with Crippen LogP contribution in [0.4, 0.5) is 15.8 Å². The van der Waals surface area contributed by atoms with Gasteiger partial charge in [0, 0.05) is 0 Å². The first-order valence-electron chi connectivity index (χ1n) is 5.23. The molecule has 0 heterocycles. The molecule has 0 spiro atoms. The van der Waals surface area contributed by atoms with Gasteiger partial charge in [0.15, 0.2) is 0 Å². The topological polar surface area (TPSA) is 75.4 Å². The predicted octanol–water partition coefficient (Wildman–Crippen LogP) is 2.37. The van der Waals surface area contributed by atoms with Crippen molar-refractivity contribution in [2.75, 3.05) is 11.1 Å². The van der Waals surface area contributed by atoms with Crippen LogP contribution in [0.1, 0.15) is 10.4 Å². The first-order valence-corrected chi connectivity index (χ1v) is 5.23. The number of amides is 1. The van der Waals surface area contributed by atoms with Crippen molar-refractivity contribution < 1.29 is 14.3 Å². The molecule has 2 rings (SSSR count). The van der Waals surface area contributed by atoms with Crippen molar-refractivity contribution in [2.24, 2.45) is 0 Å². The number of phenols is 1. The monoisotopic (exact) mass is 246 g/mol. The number of nitrogens with two attached hydrogens (primary N) is 1. The van der Waals surface area contributed by atoms with Crippen LogP contribution in [0, 0.1) is 5.82 Å². The van der Waals surface area contributed by atoms with Crippen molar-refractivity contribution in [1.29, 1.82) is 0 Å². The lowest BCUT2D eigenvalue weighted by Gasteiger charge is -2.09. The SMILES string of the molecule is Nc1c(F)cccc1C(=O)Nc1ccccc1O. The van der Waals surface area contributed by atoms with E-state index < -0.39 is 11.7 Å². The first kappa shape index (κ1) is 11.9. The van der Waals surface area contributed by atoms with Gasteiger partial charge in [-0.1, -0.05) is 18.2 Å². The number of nitrogen functional groups attached to an aromatic ring is 1. The Kier molecular flexibility index (Phi) is 3.14. The molecule has 4 N–H and O–H groups in total. The Morgan fingerprint density at radius 1 is 1.17 bits per heavy atom. The molecule has 0 saturated carbocycles. The Morgan fingerprint density at radius 2 is 1.89 bits per heavy atom. The first-order chi connectivity index (χ1) is 8.59. The number of phenolic OH excluding ortho intramolecular Hbond substituents is 1. The summed E-state index contributed by atoms with van der Waals surface area (Å²) in [6.07, 6.45) is 0. The standard InChI is InChI=1S/C13H11FN2O2/c14-9-5-3-4-8(12(9)15)13(18)16-10-6-1-2-7-11(10)17/h1-7,17H,15H2,(H,16,18). The molecule has 0 aromatic heterocycles. The number of anilines is 2. The van der Waals surface area contributed by atoms with Crippen molar-refractivity contribution in [2.45, 2.75) is 0 Å². The molecule has 0 atom stereocenters. The molecule has 2 aromatic carbocycles. The van der Waals surface area contributed by atoms with Crippen LogP contribution in [0.5, 0.6) is 5.75 Å². The van der Waals surface area contributed by atoms with E-state index in [1.165, 1.54) is 30.3 Å². The zero-order chi connectivity index (χ0) is 13.1. The Bertz CT molecular complexity index is 599. The molecule has 4 nitrogen and oxygen atoms in total. The summed E-state index contributed by atoms with van der Waals surface area (Å²) in [6.45, 7) is 0. The molecule has 5 heteroatoms. The van der Waals surface area contributed by atoms with E-state index >= 15 is 0 Å². The van der Waals surface area contributed by atoms with Gasteiger partial charge in [0.1, 0.15) is 11.6 Å². The summed E-state index contributed by atoms with van der Waals surface area (Å²) < 4.78 is 13.2. The number of halogens is 1. The molecule has 0 fully saturated rings. The van der Waals surface area contributed by atoms with Gasteiger partial charge in [-0.05, 0) is 24.3 Å². The average Bonchev–Trinajstić information content (AvgIpc) is 2.35. The van der Waals surface area contributed by atoms with Crippen molar-refractivity contribution in [1.82, 2.24) is 0 Å². The minimum atomic E-state index is -0.653. The second-order valence-corrected chi connectivity index (χ2v) is 3.67. The second-order valence-electron chi connectivity index (χ2n) is 3.67. The van der Waals surface area contributed by atoms with Crippen LogP contribution in [-0.2, 0) is 0 Å². The zero-order valence-electron chi connectivity index (χ0n) is 9.35. The van der Waals surface area contributed by atoms with Gasteiger partial charge in [0.05, 0.1) is 16.9 Å². The van der Waals surface area contributed by atoms with Gasteiger partial charge in [-0.25, -0.2) is 4.39 Å². The molecular weight excluding hydrogens is 235 g/mol. The largest absolute Gasteiger partial charge is 0.506 e. The van der Waals surface area contributed by atoms with E-state index in [-0.39, 0.29) is 22.7 Å². The molecular formula is C13H11FN2O2. The molecule has 2 aromatic rings. The predicted molar refractivity (Wildman–Crippen MR) is 66.9 cm³/mol. The Morgan fingerprint density at radius 3 is 2.61 bits per heavy atom. The summed E-state index contributed by atoms with van der Waals surface area (Å²) in [6, 6.07) is 10.2. The molecule has 0 aliphatic heterocycles. The summed E-state index contributed by atoms with van der Waals surface area (Å²) >= 11 is 0. The van der Waals surface area contributed by atoms with Gasteiger partial charge >= 0.3 is 0 Å². The van der Waals surface area contributed by atoms with E-state index in [1.54, 1.807) is 12.1 Å². The number of carbonyl (C=O) groups excluding carboxylic acids is 1. The van der Waals surface area contributed by atoms with Crippen LogP contribution in [0.15, 0.2) is 42.5 Å². The van der Waals surface area contributed by atoms with E-state index in [4.69, 9.17) is 5.73 Å². The van der Waals surface area contributed by atoms with E-state index in [9.17, 15) is 14.3 Å². The van der Waals surface area contributed by atoms with Crippen LogP contribution in [0.25, 0.3) is 0 Å². The molecule has 0 bridgehead atoms. The highest BCUT2D eigenvalue weighted by molar-refractivity contribution is 6.08. The van der Waals surface area contributed by atoms with Crippen LogP contribution < -0.4 is 11.1 Å². The molecule has 0 aliphatic rings.